The number of carbonyl (C=O) groups is 1. The van der Waals surface area contributed by atoms with Crippen molar-refractivity contribution in [3.8, 4) is 0 Å². The van der Waals surface area contributed by atoms with Crippen molar-refractivity contribution in [3.05, 3.63) is 36.9 Å². The molecule has 0 spiro atoms. The molecule has 0 bridgehead atoms. The van der Waals surface area contributed by atoms with Crippen LogP contribution in [0.15, 0.2) is 31.4 Å². The molecule has 0 N–H and O–H groups in total. The van der Waals surface area contributed by atoms with Gasteiger partial charge in [0, 0.05) is 18.8 Å². The van der Waals surface area contributed by atoms with Crippen LogP contribution in [0.2, 0.25) is 0 Å². The Hall–Kier alpha value is -1.78. The minimum absolute atomic E-state index is 0.118. The Kier molecular flexibility index (Phi) is 2.68. The van der Waals surface area contributed by atoms with Crippen molar-refractivity contribution < 1.29 is 9.18 Å². The highest BCUT2D eigenvalue weighted by molar-refractivity contribution is 5.87. The molecule has 1 fully saturated rings. The first-order valence-corrected chi connectivity index (χ1v) is 4.97. The fourth-order valence-corrected chi connectivity index (χ4v) is 1.82. The van der Waals surface area contributed by atoms with Gasteiger partial charge in [0.2, 0.25) is 5.91 Å². The van der Waals surface area contributed by atoms with Crippen molar-refractivity contribution in [1.82, 2.24) is 14.9 Å². The second-order valence-electron chi connectivity index (χ2n) is 3.97. The average molecular weight is 221 g/mol. The first-order chi connectivity index (χ1) is 7.63. The quantitative estimate of drug-likeness (QED) is 0.708. The van der Waals surface area contributed by atoms with E-state index in [4.69, 9.17) is 0 Å². The van der Waals surface area contributed by atoms with Gasteiger partial charge < -0.3 is 4.90 Å². The molecule has 0 unspecified atom stereocenters. The van der Waals surface area contributed by atoms with Crippen LogP contribution in [-0.2, 0) is 11.2 Å². The fraction of sp³-hybridized carbons (Fsp3) is 0.364. The Morgan fingerprint density at radius 2 is 2.19 bits per heavy atom. The van der Waals surface area contributed by atoms with Gasteiger partial charge in [-0.1, -0.05) is 6.58 Å². The zero-order valence-electron chi connectivity index (χ0n) is 8.77. The van der Waals surface area contributed by atoms with Crippen LogP contribution in [0.1, 0.15) is 5.56 Å². The predicted octanol–water partition coefficient (Wildman–Crippen LogP) is 0.756. The van der Waals surface area contributed by atoms with Crippen LogP contribution < -0.4 is 0 Å². The zero-order valence-corrected chi connectivity index (χ0v) is 8.77. The van der Waals surface area contributed by atoms with E-state index in [1.165, 1.54) is 17.3 Å². The summed E-state index contributed by atoms with van der Waals surface area (Å²) in [6, 6.07) is 0. The molecular formula is C11H12FN3O. The molecule has 1 aromatic rings. The standard InChI is InChI=1S/C11H12FN3O/c1-2-10(16)15-6-11(12,7-15)3-9-4-13-8-14-5-9/h2,4-5,8H,1,3,6-7H2. The minimum Gasteiger partial charge on any atom is -0.333 e. The zero-order chi connectivity index (χ0) is 11.6. The number of carbonyl (C=O) groups excluding carboxylic acids is 1. The molecule has 2 rings (SSSR count). The number of alkyl halides is 1. The van der Waals surface area contributed by atoms with E-state index in [0.717, 1.165) is 5.56 Å². The van der Waals surface area contributed by atoms with Crippen LogP contribution in [0.5, 0.6) is 0 Å². The van der Waals surface area contributed by atoms with Crippen LogP contribution in [-0.4, -0.2) is 39.5 Å². The lowest BCUT2D eigenvalue weighted by Gasteiger charge is -2.44. The van der Waals surface area contributed by atoms with Crippen molar-refractivity contribution in [2.75, 3.05) is 13.1 Å². The van der Waals surface area contributed by atoms with E-state index in [1.54, 1.807) is 12.4 Å². The maximum Gasteiger partial charge on any atom is 0.246 e. The number of aromatic nitrogens is 2. The molecule has 1 aliphatic heterocycles. The molecule has 1 amide bonds. The third kappa shape index (κ3) is 2.08. The van der Waals surface area contributed by atoms with Crippen LogP contribution in [0.4, 0.5) is 4.39 Å². The fourth-order valence-electron chi connectivity index (χ4n) is 1.82. The minimum atomic E-state index is -1.34. The molecule has 2 heterocycles. The van der Waals surface area contributed by atoms with Crippen LogP contribution in [0.3, 0.4) is 0 Å². The van der Waals surface area contributed by atoms with Crippen molar-refractivity contribution >= 4 is 5.91 Å². The maximum atomic E-state index is 14.1. The van der Waals surface area contributed by atoms with Gasteiger partial charge >= 0.3 is 0 Å². The van der Waals surface area contributed by atoms with Crippen LogP contribution >= 0.6 is 0 Å². The van der Waals surface area contributed by atoms with E-state index in [0.29, 0.717) is 0 Å². The van der Waals surface area contributed by atoms with Gasteiger partial charge in [0.1, 0.15) is 12.0 Å². The van der Waals surface area contributed by atoms with E-state index in [2.05, 4.69) is 16.5 Å². The molecule has 0 atom stereocenters. The molecule has 0 radical (unpaired) electrons. The number of hydrogen-bond acceptors (Lipinski definition) is 3. The van der Waals surface area contributed by atoms with Gasteiger partial charge in [-0.05, 0) is 11.6 Å². The summed E-state index contributed by atoms with van der Waals surface area (Å²) in [5.74, 6) is -0.224. The molecule has 16 heavy (non-hydrogen) atoms. The molecule has 1 aromatic heterocycles. The van der Waals surface area contributed by atoms with Gasteiger partial charge in [-0.2, -0.15) is 0 Å². The SMILES string of the molecule is C=CC(=O)N1CC(F)(Cc2cncnc2)C1. The summed E-state index contributed by atoms with van der Waals surface area (Å²) in [5.41, 5.74) is -0.598. The van der Waals surface area contributed by atoms with E-state index >= 15 is 0 Å². The summed E-state index contributed by atoms with van der Waals surface area (Å²) in [6.07, 6.45) is 6.03. The highest BCUT2D eigenvalue weighted by Crippen LogP contribution is 2.29. The summed E-state index contributed by atoms with van der Waals surface area (Å²) < 4.78 is 14.1. The monoisotopic (exact) mass is 221 g/mol. The number of amides is 1. The number of halogens is 1. The molecule has 0 aliphatic carbocycles. The van der Waals surface area contributed by atoms with Gasteiger partial charge in [-0.15, -0.1) is 0 Å². The second kappa shape index (κ2) is 4.00. The normalized spacial score (nSPS) is 17.7. The molecule has 0 aromatic carbocycles. The Morgan fingerprint density at radius 1 is 1.56 bits per heavy atom. The largest absolute Gasteiger partial charge is 0.333 e. The summed E-state index contributed by atoms with van der Waals surface area (Å²) in [4.78, 5) is 20.2. The highest BCUT2D eigenvalue weighted by atomic mass is 19.1. The van der Waals surface area contributed by atoms with Gasteiger partial charge in [0.25, 0.3) is 0 Å². The molecule has 1 saturated heterocycles. The summed E-state index contributed by atoms with van der Waals surface area (Å²) in [6.45, 7) is 3.60. The first kappa shape index (κ1) is 10.7. The first-order valence-electron chi connectivity index (χ1n) is 4.97. The van der Waals surface area contributed by atoms with Gasteiger partial charge in [0.15, 0.2) is 0 Å². The third-order valence-electron chi connectivity index (χ3n) is 2.57. The van der Waals surface area contributed by atoms with E-state index in [9.17, 15) is 9.18 Å². The molecule has 5 heteroatoms. The summed E-state index contributed by atoms with van der Waals surface area (Å²) in [7, 11) is 0. The van der Waals surface area contributed by atoms with Gasteiger partial charge in [-0.3, -0.25) is 4.79 Å². The predicted molar refractivity (Wildman–Crippen MR) is 56.4 cm³/mol. The molecule has 84 valence electrons. The van der Waals surface area contributed by atoms with Crippen molar-refractivity contribution in [1.29, 1.82) is 0 Å². The Balaban J connectivity index is 1.93. The lowest BCUT2D eigenvalue weighted by Crippen LogP contribution is -2.61. The number of nitrogens with zero attached hydrogens (tertiary/aromatic N) is 3. The Bertz CT molecular complexity index is 401. The molecule has 4 nitrogen and oxygen atoms in total. The number of hydrogen-bond donors (Lipinski definition) is 0. The van der Waals surface area contributed by atoms with E-state index < -0.39 is 5.67 Å². The molecule has 1 aliphatic rings. The highest BCUT2D eigenvalue weighted by Gasteiger charge is 2.45. The van der Waals surface area contributed by atoms with E-state index in [-0.39, 0.29) is 25.4 Å². The second-order valence-corrected chi connectivity index (χ2v) is 3.97. The number of likely N-dealkylation sites (tertiary alicyclic amines) is 1. The summed E-state index contributed by atoms with van der Waals surface area (Å²) in [5, 5.41) is 0. The van der Waals surface area contributed by atoms with Crippen LogP contribution in [0.25, 0.3) is 0 Å². The molecule has 0 saturated carbocycles. The van der Waals surface area contributed by atoms with Crippen LogP contribution in [0, 0.1) is 0 Å². The number of rotatable bonds is 3. The maximum absolute atomic E-state index is 14.1. The van der Waals surface area contributed by atoms with E-state index in [1.807, 2.05) is 0 Å². The smallest absolute Gasteiger partial charge is 0.246 e. The lowest BCUT2D eigenvalue weighted by molar-refractivity contribution is -0.139. The van der Waals surface area contributed by atoms with Crippen molar-refractivity contribution in [2.24, 2.45) is 0 Å². The van der Waals surface area contributed by atoms with Gasteiger partial charge in [0.05, 0.1) is 13.1 Å². The van der Waals surface area contributed by atoms with Crippen molar-refractivity contribution in [3.63, 3.8) is 0 Å². The Labute approximate surface area is 92.8 Å². The average Bonchev–Trinajstić information content (AvgIpc) is 2.26. The van der Waals surface area contributed by atoms with Crippen molar-refractivity contribution in [2.45, 2.75) is 12.1 Å². The summed E-state index contributed by atoms with van der Waals surface area (Å²) >= 11 is 0. The Morgan fingerprint density at radius 3 is 2.75 bits per heavy atom. The third-order valence-corrected chi connectivity index (χ3v) is 2.57. The lowest BCUT2D eigenvalue weighted by atomic mass is 9.90. The molecular weight excluding hydrogens is 209 g/mol. The topological polar surface area (TPSA) is 46.1 Å². The van der Waals surface area contributed by atoms with Gasteiger partial charge in [-0.25, -0.2) is 14.4 Å².